The number of imidazole rings is 1. The summed E-state index contributed by atoms with van der Waals surface area (Å²) in [6.45, 7) is 2.50. The van der Waals surface area contributed by atoms with E-state index in [1.807, 2.05) is 66.2 Å². The number of amides is 1. The molecular formula is C19H18ClN3OS. The Hall–Kier alpha value is -2.24. The van der Waals surface area contributed by atoms with Gasteiger partial charge in [0.15, 0.2) is 5.16 Å². The molecule has 0 spiro atoms. The lowest BCUT2D eigenvalue weighted by Gasteiger charge is -2.11. The summed E-state index contributed by atoms with van der Waals surface area (Å²) in [7, 11) is 0. The molecular weight excluding hydrogens is 354 g/mol. The van der Waals surface area contributed by atoms with E-state index in [1.54, 1.807) is 6.20 Å². The van der Waals surface area contributed by atoms with Crippen LogP contribution in [0, 0.1) is 6.92 Å². The molecule has 128 valence electrons. The van der Waals surface area contributed by atoms with Crippen molar-refractivity contribution in [1.29, 1.82) is 0 Å². The number of benzene rings is 2. The maximum atomic E-state index is 12.1. The molecule has 0 bridgehead atoms. The summed E-state index contributed by atoms with van der Waals surface area (Å²) in [4.78, 5) is 16.4. The molecule has 1 amide bonds. The molecule has 1 heterocycles. The highest BCUT2D eigenvalue weighted by Gasteiger charge is 2.11. The number of halogens is 1. The first-order valence-electron chi connectivity index (χ1n) is 7.87. The quantitative estimate of drug-likeness (QED) is 0.659. The lowest BCUT2D eigenvalue weighted by atomic mass is 10.2. The number of nitrogens with zero attached hydrogens (tertiary/aromatic N) is 2. The highest BCUT2D eigenvalue weighted by Crippen LogP contribution is 2.26. The molecule has 2 aromatic carbocycles. The standard InChI is InChI=1S/C19H18ClN3OS/c1-14-16(20)8-5-9-17(14)23-11-10-21-19(23)25-13-18(24)22-12-15-6-3-2-4-7-15/h2-11H,12-13H2,1H3,(H,22,24). The van der Waals surface area contributed by atoms with Crippen molar-refractivity contribution in [2.45, 2.75) is 18.6 Å². The molecule has 0 unspecified atom stereocenters. The molecule has 0 saturated carbocycles. The summed E-state index contributed by atoms with van der Waals surface area (Å²) in [6, 6.07) is 15.6. The van der Waals surface area contributed by atoms with E-state index in [4.69, 9.17) is 11.6 Å². The third-order valence-corrected chi connectivity index (χ3v) is 5.15. The minimum absolute atomic E-state index is 0.0220. The predicted octanol–water partition coefficient (Wildman–Crippen LogP) is 4.24. The van der Waals surface area contributed by atoms with Gasteiger partial charge in [-0.05, 0) is 30.2 Å². The van der Waals surface area contributed by atoms with Gasteiger partial charge in [-0.25, -0.2) is 4.98 Å². The summed E-state index contributed by atoms with van der Waals surface area (Å²) in [6.07, 6.45) is 3.60. The van der Waals surface area contributed by atoms with E-state index in [0.717, 1.165) is 22.0 Å². The van der Waals surface area contributed by atoms with Crippen molar-refractivity contribution >= 4 is 29.3 Å². The molecule has 0 atom stereocenters. The van der Waals surface area contributed by atoms with Gasteiger partial charge in [0, 0.05) is 24.0 Å². The number of hydrogen-bond acceptors (Lipinski definition) is 3. The second kappa shape index (κ2) is 8.23. The molecule has 25 heavy (non-hydrogen) atoms. The molecule has 0 aliphatic heterocycles. The molecule has 6 heteroatoms. The number of aromatic nitrogens is 2. The van der Waals surface area contributed by atoms with E-state index >= 15 is 0 Å². The van der Waals surface area contributed by atoms with Gasteiger partial charge in [-0.15, -0.1) is 0 Å². The number of nitrogens with one attached hydrogen (secondary N) is 1. The average molecular weight is 372 g/mol. The van der Waals surface area contributed by atoms with Crippen LogP contribution in [0.2, 0.25) is 5.02 Å². The summed E-state index contributed by atoms with van der Waals surface area (Å²) in [5, 5.41) is 4.40. The topological polar surface area (TPSA) is 46.9 Å². The Balaban J connectivity index is 1.62. The summed E-state index contributed by atoms with van der Waals surface area (Å²) in [5.74, 6) is 0.287. The van der Waals surface area contributed by atoms with Crippen LogP contribution in [0.4, 0.5) is 0 Å². The predicted molar refractivity (Wildman–Crippen MR) is 102 cm³/mol. The molecule has 3 aromatic rings. The first-order chi connectivity index (χ1) is 12.1. The molecule has 1 N–H and O–H groups in total. The number of carbonyl (C=O) groups excluding carboxylic acids is 1. The highest BCUT2D eigenvalue weighted by atomic mass is 35.5. The SMILES string of the molecule is Cc1c(Cl)cccc1-n1ccnc1SCC(=O)NCc1ccccc1. The van der Waals surface area contributed by atoms with E-state index in [-0.39, 0.29) is 5.91 Å². The molecule has 0 radical (unpaired) electrons. The Labute approximate surface area is 156 Å². The first kappa shape index (κ1) is 17.6. The largest absolute Gasteiger partial charge is 0.351 e. The molecule has 0 aliphatic carbocycles. The van der Waals surface area contributed by atoms with Crippen molar-refractivity contribution in [2.24, 2.45) is 0 Å². The van der Waals surface area contributed by atoms with Crippen LogP contribution in [0.1, 0.15) is 11.1 Å². The Bertz CT molecular complexity index is 864. The van der Waals surface area contributed by atoms with Gasteiger partial charge in [-0.3, -0.25) is 9.36 Å². The zero-order valence-electron chi connectivity index (χ0n) is 13.8. The van der Waals surface area contributed by atoms with Crippen molar-refractivity contribution in [3.63, 3.8) is 0 Å². The van der Waals surface area contributed by atoms with Gasteiger partial charge in [0.2, 0.25) is 5.91 Å². The van der Waals surface area contributed by atoms with Crippen molar-refractivity contribution in [1.82, 2.24) is 14.9 Å². The van der Waals surface area contributed by atoms with Crippen LogP contribution in [-0.2, 0) is 11.3 Å². The maximum Gasteiger partial charge on any atom is 0.230 e. The molecule has 0 fully saturated rings. The van der Waals surface area contributed by atoms with Crippen LogP contribution in [0.25, 0.3) is 5.69 Å². The van der Waals surface area contributed by atoms with Crippen LogP contribution in [-0.4, -0.2) is 21.2 Å². The third kappa shape index (κ3) is 4.44. The van der Waals surface area contributed by atoms with Crippen LogP contribution in [0.5, 0.6) is 0 Å². The highest BCUT2D eigenvalue weighted by molar-refractivity contribution is 7.99. The van der Waals surface area contributed by atoms with Crippen molar-refractivity contribution < 1.29 is 4.79 Å². The molecule has 1 aromatic heterocycles. The number of carbonyl (C=O) groups is 1. The van der Waals surface area contributed by atoms with Gasteiger partial charge in [-0.2, -0.15) is 0 Å². The summed E-state index contributed by atoms with van der Waals surface area (Å²) < 4.78 is 1.95. The van der Waals surface area contributed by atoms with Gasteiger partial charge < -0.3 is 5.32 Å². The average Bonchev–Trinajstić information content (AvgIpc) is 3.10. The fraction of sp³-hybridized carbons (Fsp3) is 0.158. The number of hydrogen-bond donors (Lipinski definition) is 1. The van der Waals surface area contributed by atoms with Crippen molar-refractivity contribution in [2.75, 3.05) is 5.75 Å². The van der Waals surface area contributed by atoms with E-state index in [1.165, 1.54) is 11.8 Å². The fourth-order valence-electron chi connectivity index (χ4n) is 2.41. The van der Waals surface area contributed by atoms with Gasteiger partial charge in [-0.1, -0.05) is 59.8 Å². The molecule has 0 saturated heterocycles. The van der Waals surface area contributed by atoms with Crippen LogP contribution in [0.15, 0.2) is 66.1 Å². The van der Waals surface area contributed by atoms with Gasteiger partial charge in [0.25, 0.3) is 0 Å². The lowest BCUT2D eigenvalue weighted by molar-refractivity contribution is -0.118. The monoisotopic (exact) mass is 371 g/mol. The lowest BCUT2D eigenvalue weighted by Crippen LogP contribution is -2.24. The maximum absolute atomic E-state index is 12.1. The molecule has 0 aliphatic rings. The number of thioether (sulfide) groups is 1. The Morgan fingerprint density at radius 3 is 2.80 bits per heavy atom. The van der Waals surface area contributed by atoms with Crippen molar-refractivity contribution in [3.05, 3.63) is 77.1 Å². The second-order valence-electron chi connectivity index (χ2n) is 5.51. The smallest absolute Gasteiger partial charge is 0.230 e. The van der Waals surface area contributed by atoms with Crippen LogP contribution >= 0.6 is 23.4 Å². The first-order valence-corrected chi connectivity index (χ1v) is 9.24. The number of rotatable bonds is 6. The zero-order chi connectivity index (χ0) is 17.6. The minimum Gasteiger partial charge on any atom is -0.351 e. The Kier molecular flexibility index (Phi) is 5.79. The van der Waals surface area contributed by atoms with E-state index in [0.29, 0.717) is 17.3 Å². The van der Waals surface area contributed by atoms with Crippen LogP contribution in [0.3, 0.4) is 0 Å². The molecule has 3 rings (SSSR count). The van der Waals surface area contributed by atoms with Gasteiger partial charge in [0.05, 0.1) is 11.4 Å². The third-order valence-electron chi connectivity index (χ3n) is 3.77. The van der Waals surface area contributed by atoms with Crippen LogP contribution < -0.4 is 5.32 Å². The Morgan fingerprint density at radius 1 is 1.20 bits per heavy atom. The van der Waals surface area contributed by atoms with Gasteiger partial charge >= 0.3 is 0 Å². The summed E-state index contributed by atoms with van der Waals surface area (Å²) >= 11 is 7.61. The van der Waals surface area contributed by atoms with E-state index in [2.05, 4.69) is 10.3 Å². The van der Waals surface area contributed by atoms with E-state index < -0.39 is 0 Å². The Morgan fingerprint density at radius 2 is 2.00 bits per heavy atom. The minimum atomic E-state index is -0.0220. The van der Waals surface area contributed by atoms with Gasteiger partial charge in [0.1, 0.15) is 0 Å². The fourth-order valence-corrected chi connectivity index (χ4v) is 3.38. The van der Waals surface area contributed by atoms with Crippen molar-refractivity contribution in [3.8, 4) is 5.69 Å². The second-order valence-corrected chi connectivity index (χ2v) is 6.86. The summed E-state index contributed by atoms with van der Waals surface area (Å²) in [5.41, 5.74) is 3.03. The van der Waals surface area contributed by atoms with E-state index in [9.17, 15) is 4.79 Å². The molecule has 4 nitrogen and oxygen atoms in total. The normalized spacial score (nSPS) is 10.6. The zero-order valence-corrected chi connectivity index (χ0v) is 15.3.